The van der Waals surface area contributed by atoms with Crippen LogP contribution in [0.2, 0.25) is 0 Å². The number of carbonyl (C=O) groups is 2. The van der Waals surface area contributed by atoms with E-state index in [0.717, 1.165) is 4.90 Å². The smallest absolute Gasteiger partial charge is 0.351 e. The number of nitrogens with one attached hydrogen (secondary N) is 1. The van der Waals surface area contributed by atoms with Crippen LogP contribution in [0.5, 0.6) is 0 Å². The predicted molar refractivity (Wildman–Crippen MR) is 71.1 cm³/mol. The Bertz CT molecular complexity index is 568. The van der Waals surface area contributed by atoms with Crippen LogP contribution in [-0.4, -0.2) is 25.1 Å². The van der Waals surface area contributed by atoms with Gasteiger partial charge in [-0.25, -0.2) is 4.79 Å². The van der Waals surface area contributed by atoms with Crippen molar-refractivity contribution in [1.29, 1.82) is 0 Å². The van der Waals surface area contributed by atoms with Gasteiger partial charge in [0.2, 0.25) is 5.78 Å². The third kappa shape index (κ3) is 2.11. The van der Waals surface area contributed by atoms with Gasteiger partial charge in [0.15, 0.2) is 5.03 Å². The maximum Gasteiger partial charge on any atom is 0.351 e. The second-order valence-corrected chi connectivity index (χ2v) is 4.80. The molecule has 1 heterocycles. The van der Waals surface area contributed by atoms with E-state index in [-0.39, 0.29) is 16.5 Å². The molecule has 0 bridgehead atoms. The van der Waals surface area contributed by atoms with E-state index in [2.05, 4.69) is 10.1 Å². The van der Waals surface area contributed by atoms with E-state index in [0.29, 0.717) is 11.3 Å². The Hall–Kier alpha value is -1.46. The highest BCUT2D eigenvalue weighted by molar-refractivity contribution is 7.98. The van der Waals surface area contributed by atoms with Crippen LogP contribution in [-0.2, 0) is 9.53 Å². The summed E-state index contributed by atoms with van der Waals surface area (Å²) < 4.78 is 4.49. The molecular weight excluding hydrogens is 274 g/mol. The first-order chi connectivity index (χ1) is 8.58. The average Bonchev–Trinajstić information content (AvgIpc) is 2.73. The molecule has 0 atom stereocenters. The molecule has 2 rings (SSSR count). The number of anilines is 1. The van der Waals surface area contributed by atoms with Gasteiger partial charge in [-0.05, 0) is 24.5 Å². The molecule has 0 saturated heterocycles. The first-order valence-electron chi connectivity index (χ1n) is 5.06. The van der Waals surface area contributed by atoms with Crippen molar-refractivity contribution in [2.24, 2.45) is 0 Å². The van der Waals surface area contributed by atoms with Crippen molar-refractivity contribution >= 4 is 40.8 Å². The summed E-state index contributed by atoms with van der Waals surface area (Å²) in [6.45, 7) is 0. The summed E-state index contributed by atoms with van der Waals surface area (Å²) in [6, 6.07) is 5.44. The highest BCUT2D eigenvalue weighted by atomic mass is 35.5. The fourth-order valence-electron chi connectivity index (χ4n) is 1.62. The molecule has 94 valence electrons. The molecule has 0 radical (unpaired) electrons. The fourth-order valence-corrected chi connectivity index (χ4v) is 2.27. The van der Waals surface area contributed by atoms with Gasteiger partial charge in [-0.1, -0.05) is 11.6 Å². The van der Waals surface area contributed by atoms with Crippen molar-refractivity contribution in [2.75, 3.05) is 18.7 Å². The van der Waals surface area contributed by atoms with Gasteiger partial charge in [0.05, 0.1) is 12.8 Å². The van der Waals surface area contributed by atoms with E-state index in [1.54, 1.807) is 12.1 Å². The number of methoxy groups -OCH3 is 1. The lowest BCUT2D eigenvalue weighted by Gasteiger charge is -2.01. The van der Waals surface area contributed by atoms with Crippen LogP contribution in [0.1, 0.15) is 10.4 Å². The maximum absolute atomic E-state index is 12.1. The van der Waals surface area contributed by atoms with E-state index in [4.69, 9.17) is 11.6 Å². The molecule has 18 heavy (non-hydrogen) atoms. The van der Waals surface area contributed by atoms with Gasteiger partial charge >= 0.3 is 5.97 Å². The predicted octanol–water partition coefficient (Wildman–Crippen LogP) is 2.64. The lowest BCUT2D eigenvalue weighted by Crippen LogP contribution is -2.10. The van der Waals surface area contributed by atoms with Crippen LogP contribution >= 0.6 is 23.4 Å². The summed E-state index contributed by atoms with van der Waals surface area (Å²) in [7, 11) is 1.21. The Morgan fingerprint density at radius 1 is 1.44 bits per heavy atom. The zero-order valence-electron chi connectivity index (χ0n) is 9.74. The zero-order valence-corrected chi connectivity index (χ0v) is 11.3. The normalized spacial score (nSPS) is 16.1. The summed E-state index contributed by atoms with van der Waals surface area (Å²) in [5, 5.41) is 2.61. The molecule has 1 aliphatic heterocycles. The number of hydrogen-bond acceptors (Lipinski definition) is 5. The molecule has 6 heteroatoms. The number of fused-ring (bicyclic) bond motifs is 1. The number of hydrogen-bond donors (Lipinski definition) is 1. The van der Waals surface area contributed by atoms with Crippen LogP contribution in [0.15, 0.2) is 33.8 Å². The molecule has 4 nitrogen and oxygen atoms in total. The Kier molecular flexibility index (Phi) is 3.63. The molecule has 0 unspecified atom stereocenters. The Balaban J connectivity index is 2.45. The van der Waals surface area contributed by atoms with E-state index in [9.17, 15) is 9.59 Å². The Morgan fingerprint density at radius 3 is 2.78 bits per heavy atom. The first kappa shape index (κ1) is 13.0. The molecule has 0 saturated carbocycles. The van der Waals surface area contributed by atoms with Crippen molar-refractivity contribution < 1.29 is 14.3 Å². The first-order valence-corrected chi connectivity index (χ1v) is 6.66. The number of rotatable bonds is 2. The van der Waals surface area contributed by atoms with Gasteiger partial charge in [0, 0.05) is 10.5 Å². The Morgan fingerprint density at radius 2 is 2.17 bits per heavy atom. The largest absolute Gasteiger partial charge is 0.465 e. The second-order valence-electron chi connectivity index (χ2n) is 3.55. The lowest BCUT2D eigenvalue weighted by atomic mass is 10.1. The fraction of sp³-hybridized carbons (Fsp3) is 0.167. The third-order valence-electron chi connectivity index (χ3n) is 2.54. The topological polar surface area (TPSA) is 55.4 Å². The maximum atomic E-state index is 12.1. The van der Waals surface area contributed by atoms with Crippen molar-refractivity contribution in [3.63, 3.8) is 0 Å². The molecule has 0 fully saturated rings. The summed E-state index contributed by atoms with van der Waals surface area (Å²) in [6.07, 6.45) is 1.92. The molecule has 1 aromatic carbocycles. The summed E-state index contributed by atoms with van der Waals surface area (Å²) in [5.74, 6) is -1.03. The quantitative estimate of drug-likeness (QED) is 0.514. The number of halogens is 1. The van der Waals surface area contributed by atoms with Crippen LogP contribution in [0.3, 0.4) is 0 Å². The van der Waals surface area contributed by atoms with Crippen LogP contribution in [0, 0.1) is 0 Å². The molecule has 1 N–H and O–H groups in total. The number of thioether (sulfide) groups is 1. The number of Topliss-reactive ketones (excluding diaryl/α,β-unsaturated/α-hetero) is 1. The monoisotopic (exact) mass is 283 g/mol. The van der Waals surface area contributed by atoms with Crippen molar-refractivity contribution in [3.8, 4) is 0 Å². The molecule has 1 aromatic rings. The van der Waals surface area contributed by atoms with Crippen molar-refractivity contribution in [1.82, 2.24) is 0 Å². The van der Waals surface area contributed by atoms with Crippen LogP contribution < -0.4 is 5.32 Å². The molecule has 0 amide bonds. The van der Waals surface area contributed by atoms with Gasteiger partial charge < -0.3 is 10.1 Å². The van der Waals surface area contributed by atoms with Gasteiger partial charge in [-0.3, -0.25) is 4.79 Å². The number of ketones is 1. The second kappa shape index (κ2) is 5.04. The van der Waals surface area contributed by atoms with Crippen LogP contribution in [0.25, 0.3) is 0 Å². The van der Waals surface area contributed by atoms with E-state index >= 15 is 0 Å². The number of benzene rings is 1. The number of carbonyl (C=O) groups excluding carboxylic acids is 2. The summed E-state index contributed by atoms with van der Waals surface area (Å²) in [4.78, 5) is 24.4. The van der Waals surface area contributed by atoms with Gasteiger partial charge in [0.25, 0.3) is 0 Å². The highest BCUT2D eigenvalue weighted by Gasteiger charge is 2.29. The zero-order chi connectivity index (χ0) is 13.3. The standard InChI is InChI=1S/C12H10ClNO3S/c1-17-12(16)9(13)10-11(15)7-5-6(18-2)3-4-8(7)14-10/h3-5,14H,1-2H3. The molecule has 1 aliphatic rings. The third-order valence-corrected chi connectivity index (χ3v) is 3.61. The molecular formula is C12H10ClNO3S. The van der Waals surface area contributed by atoms with Crippen molar-refractivity contribution in [2.45, 2.75) is 4.90 Å². The van der Waals surface area contributed by atoms with Crippen LogP contribution in [0.4, 0.5) is 5.69 Å². The number of allylic oxidation sites excluding steroid dienone is 1. The van der Waals surface area contributed by atoms with E-state index < -0.39 is 5.97 Å². The molecule has 0 spiro atoms. The van der Waals surface area contributed by atoms with E-state index in [1.165, 1.54) is 18.9 Å². The Labute approximate surface area is 113 Å². The minimum Gasteiger partial charge on any atom is -0.465 e. The number of ether oxygens (including phenoxy) is 1. The molecule has 0 aliphatic carbocycles. The van der Waals surface area contributed by atoms with Crippen molar-refractivity contribution in [3.05, 3.63) is 34.5 Å². The number of esters is 1. The average molecular weight is 284 g/mol. The van der Waals surface area contributed by atoms with Gasteiger partial charge in [-0.15, -0.1) is 11.8 Å². The minimum atomic E-state index is -0.731. The highest BCUT2D eigenvalue weighted by Crippen LogP contribution is 2.33. The summed E-state index contributed by atoms with van der Waals surface area (Å²) >= 11 is 7.35. The lowest BCUT2D eigenvalue weighted by molar-refractivity contribution is -0.135. The minimum absolute atomic E-state index is 0.0665. The summed E-state index contributed by atoms with van der Waals surface area (Å²) in [5.41, 5.74) is 1.23. The van der Waals surface area contributed by atoms with Gasteiger partial charge in [0.1, 0.15) is 5.70 Å². The SMILES string of the molecule is COC(=O)C(Cl)=C1Nc2ccc(SC)cc2C1=O. The van der Waals surface area contributed by atoms with E-state index in [1.807, 2.05) is 12.3 Å². The van der Waals surface area contributed by atoms with Gasteiger partial charge in [-0.2, -0.15) is 0 Å². The molecule has 0 aromatic heterocycles.